The SMILES string of the molecule is COc1cccc(/C=C2\SC(=S)N(C(C)C)C2=O)c1. The number of nitrogens with zero attached hydrogens (tertiary/aromatic N) is 1. The van der Waals surface area contributed by atoms with Gasteiger partial charge in [-0.3, -0.25) is 9.69 Å². The topological polar surface area (TPSA) is 29.5 Å². The van der Waals surface area contributed by atoms with Crippen molar-refractivity contribution in [2.75, 3.05) is 7.11 Å². The second kappa shape index (κ2) is 5.75. The van der Waals surface area contributed by atoms with Crippen LogP contribution in [0.4, 0.5) is 0 Å². The van der Waals surface area contributed by atoms with E-state index in [1.807, 2.05) is 44.2 Å². The third-order valence-corrected chi connectivity index (χ3v) is 4.06. The minimum absolute atomic E-state index is 0.0205. The number of benzene rings is 1. The number of thioether (sulfide) groups is 1. The summed E-state index contributed by atoms with van der Waals surface area (Å²) in [6, 6.07) is 7.68. The molecule has 1 fully saturated rings. The molecule has 0 spiro atoms. The smallest absolute Gasteiger partial charge is 0.266 e. The lowest BCUT2D eigenvalue weighted by molar-refractivity contribution is -0.123. The molecule has 1 aromatic carbocycles. The molecule has 0 saturated carbocycles. The van der Waals surface area contributed by atoms with Crippen molar-refractivity contribution in [3.05, 3.63) is 34.7 Å². The maximum atomic E-state index is 12.2. The summed E-state index contributed by atoms with van der Waals surface area (Å²) in [7, 11) is 1.62. The van der Waals surface area contributed by atoms with Crippen molar-refractivity contribution in [2.45, 2.75) is 19.9 Å². The van der Waals surface area contributed by atoms with E-state index in [-0.39, 0.29) is 11.9 Å². The first kappa shape index (κ1) is 14.1. The minimum atomic E-state index is -0.0205. The van der Waals surface area contributed by atoms with Crippen LogP contribution < -0.4 is 4.74 Å². The van der Waals surface area contributed by atoms with Gasteiger partial charge >= 0.3 is 0 Å². The van der Waals surface area contributed by atoms with Crippen molar-refractivity contribution in [2.24, 2.45) is 0 Å². The Hall–Kier alpha value is -1.33. The molecule has 1 amide bonds. The maximum absolute atomic E-state index is 12.2. The van der Waals surface area contributed by atoms with Gasteiger partial charge in [-0.15, -0.1) is 0 Å². The van der Waals surface area contributed by atoms with Crippen LogP contribution in [0.15, 0.2) is 29.2 Å². The Morgan fingerprint density at radius 1 is 1.42 bits per heavy atom. The van der Waals surface area contributed by atoms with Crippen LogP contribution in [0.25, 0.3) is 6.08 Å². The van der Waals surface area contributed by atoms with Gasteiger partial charge in [-0.2, -0.15) is 0 Å². The Balaban J connectivity index is 2.29. The van der Waals surface area contributed by atoms with Crippen molar-refractivity contribution in [3.8, 4) is 5.75 Å². The number of hydrogen-bond donors (Lipinski definition) is 0. The van der Waals surface area contributed by atoms with Gasteiger partial charge in [0.05, 0.1) is 12.0 Å². The fourth-order valence-electron chi connectivity index (χ4n) is 1.81. The lowest BCUT2D eigenvalue weighted by Gasteiger charge is -2.18. The highest BCUT2D eigenvalue weighted by Crippen LogP contribution is 2.34. The van der Waals surface area contributed by atoms with Crippen LogP contribution in [0.1, 0.15) is 19.4 Å². The first-order valence-corrected chi connectivity index (χ1v) is 7.16. The molecular formula is C14H15NO2S2. The molecule has 5 heteroatoms. The van der Waals surface area contributed by atoms with Gasteiger partial charge < -0.3 is 4.74 Å². The van der Waals surface area contributed by atoms with Crippen LogP contribution in [0.3, 0.4) is 0 Å². The normalized spacial score (nSPS) is 17.7. The summed E-state index contributed by atoms with van der Waals surface area (Å²) in [5.74, 6) is 0.751. The summed E-state index contributed by atoms with van der Waals surface area (Å²) in [6.07, 6.45) is 1.85. The van der Waals surface area contributed by atoms with E-state index in [0.717, 1.165) is 11.3 Å². The molecule has 0 aliphatic carbocycles. The second-order valence-corrected chi connectivity index (χ2v) is 6.10. The number of carbonyl (C=O) groups is 1. The summed E-state index contributed by atoms with van der Waals surface area (Å²) in [4.78, 5) is 14.5. The lowest BCUT2D eigenvalue weighted by Crippen LogP contribution is -2.34. The van der Waals surface area contributed by atoms with Gasteiger partial charge in [0.2, 0.25) is 0 Å². The first-order valence-electron chi connectivity index (χ1n) is 5.94. The number of ether oxygens (including phenoxy) is 1. The summed E-state index contributed by atoms with van der Waals surface area (Å²) in [5, 5.41) is 0. The summed E-state index contributed by atoms with van der Waals surface area (Å²) in [5.41, 5.74) is 0.934. The zero-order chi connectivity index (χ0) is 14.0. The molecule has 0 unspecified atom stereocenters. The van der Waals surface area contributed by atoms with Crippen molar-refractivity contribution >= 4 is 40.3 Å². The van der Waals surface area contributed by atoms with E-state index < -0.39 is 0 Å². The van der Waals surface area contributed by atoms with Gasteiger partial charge in [-0.25, -0.2) is 0 Å². The Kier molecular flexibility index (Phi) is 4.27. The molecule has 0 bridgehead atoms. The highest BCUT2D eigenvalue weighted by atomic mass is 32.2. The predicted octanol–water partition coefficient (Wildman–Crippen LogP) is 3.30. The molecule has 0 N–H and O–H groups in total. The molecule has 1 aromatic rings. The molecule has 1 saturated heterocycles. The highest BCUT2D eigenvalue weighted by molar-refractivity contribution is 8.26. The Bertz CT molecular complexity index is 552. The average molecular weight is 293 g/mol. The van der Waals surface area contributed by atoms with Gasteiger partial charge in [-0.1, -0.05) is 36.1 Å². The van der Waals surface area contributed by atoms with Crippen LogP contribution in [-0.2, 0) is 4.79 Å². The van der Waals surface area contributed by atoms with Crippen molar-refractivity contribution in [3.63, 3.8) is 0 Å². The number of rotatable bonds is 3. The number of methoxy groups -OCH3 is 1. The molecule has 2 rings (SSSR count). The third kappa shape index (κ3) is 2.98. The summed E-state index contributed by atoms with van der Waals surface area (Å²) in [6.45, 7) is 3.92. The van der Waals surface area contributed by atoms with E-state index in [0.29, 0.717) is 9.23 Å². The zero-order valence-electron chi connectivity index (χ0n) is 11.0. The lowest BCUT2D eigenvalue weighted by atomic mass is 10.2. The highest BCUT2D eigenvalue weighted by Gasteiger charge is 2.33. The van der Waals surface area contributed by atoms with Gasteiger partial charge in [0, 0.05) is 6.04 Å². The molecule has 19 heavy (non-hydrogen) atoms. The van der Waals surface area contributed by atoms with Crippen LogP contribution in [0.5, 0.6) is 5.75 Å². The van der Waals surface area contributed by atoms with Crippen LogP contribution >= 0.6 is 24.0 Å². The van der Waals surface area contributed by atoms with Crippen molar-refractivity contribution in [1.82, 2.24) is 4.90 Å². The first-order chi connectivity index (χ1) is 9.02. The zero-order valence-corrected chi connectivity index (χ0v) is 12.7. The van der Waals surface area contributed by atoms with Gasteiger partial charge in [-0.05, 0) is 37.6 Å². The van der Waals surface area contributed by atoms with Gasteiger partial charge in [0.1, 0.15) is 10.1 Å². The van der Waals surface area contributed by atoms with E-state index in [1.54, 1.807) is 12.0 Å². The fraction of sp³-hybridized carbons (Fsp3) is 0.286. The van der Waals surface area contributed by atoms with Crippen LogP contribution in [0, 0.1) is 0 Å². The Morgan fingerprint density at radius 3 is 2.74 bits per heavy atom. The largest absolute Gasteiger partial charge is 0.497 e. The number of thiocarbonyl (C=S) groups is 1. The molecule has 0 atom stereocenters. The molecule has 100 valence electrons. The average Bonchev–Trinajstić information content (AvgIpc) is 2.64. The molecule has 1 aliphatic heterocycles. The molecule has 0 radical (unpaired) electrons. The van der Waals surface area contributed by atoms with Gasteiger partial charge in [0.25, 0.3) is 5.91 Å². The number of carbonyl (C=O) groups excluding carboxylic acids is 1. The molecular weight excluding hydrogens is 278 g/mol. The van der Waals surface area contributed by atoms with E-state index in [2.05, 4.69) is 0 Å². The number of hydrogen-bond acceptors (Lipinski definition) is 4. The monoisotopic (exact) mass is 293 g/mol. The summed E-state index contributed by atoms with van der Waals surface area (Å²) < 4.78 is 5.79. The Morgan fingerprint density at radius 2 is 2.16 bits per heavy atom. The van der Waals surface area contributed by atoms with Crippen LogP contribution in [0.2, 0.25) is 0 Å². The van der Waals surface area contributed by atoms with Gasteiger partial charge in [0.15, 0.2) is 0 Å². The van der Waals surface area contributed by atoms with E-state index in [4.69, 9.17) is 17.0 Å². The fourth-order valence-corrected chi connectivity index (χ4v) is 3.33. The van der Waals surface area contributed by atoms with E-state index in [9.17, 15) is 4.79 Å². The van der Waals surface area contributed by atoms with Crippen molar-refractivity contribution < 1.29 is 9.53 Å². The summed E-state index contributed by atoms with van der Waals surface area (Å²) >= 11 is 6.58. The molecule has 3 nitrogen and oxygen atoms in total. The maximum Gasteiger partial charge on any atom is 0.266 e. The van der Waals surface area contributed by atoms with E-state index >= 15 is 0 Å². The standard InChI is InChI=1S/C14H15NO2S2/c1-9(2)15-13(16)12(19-14(15)18)8-10-5-4-6-11(7-10)17-3/h4-9H,1-3H3/b12-8-. The van der Waals surface area contributed by atoms with Crippen molar-refractivity contribution in [1.29, 1.82) is 0 Å². The quantitative estimate of drug-likeness (QED) is 0.632. The number of amides is 1. The molecule has 1 aliphatic rings. The minimum Gasteiger partial charge on any atom is -0.497 e. The predicted molar refractivity (Wildman–Crippen MR) is 83.1 cm³/mol. The molecule has 1 heterocycles. The van der Waals surface area contributed by atoms with E-state index in [1.165, 1.54) is 11.8 Å². The second-order valence-electron chi connectivity index (χ2n) is 4.42. The molecule has 0 aromatic heterocycles. The Labute approximate surface area is 122 Å². The van der Waals surface area contributed by atoms with Crippen LogP contribution in [-0.4, -0.2) is 28.3 Å². The third-order valence-electron chi connectivity index (χ3n) is 2.73.